The molecule has 0 amide bonds. The number of fused-ring (bicyclic) bond motifs is 2. The van der Waals surface area contributed by atoms with E-state index >= 15 is 0 Å². The van der Waals surface area contributed by atoms with Crippen LogP contribution in [-0.2, 0) is 14.9 Å². The third-order valence-electron chi connectivity index (χ3n) is 6.76. The number of benzene rings is 2. The van der Waals surface area contributed by atoms with Crippen LogP contribution in [0.2, 0.25) is 0 Å². The fourth-order valence-corrected chi connectivity index (χ4v) is 5.64. The van der Waals surface area contributed by atoms with Gasteiger partial charge in [-0.2, -0.15) is 0 Å². The second-order valence-electron chi connectivity index (χ2n) is 8.01. The van der Waals surface area contributed by atoms with Crippen LogP contribution < -0.4 is 0 Å². The molecule has 29 heavy (non-hydrogen) atoms. The first-order chi connectivity index (χ1) is 14.1. The van der Waals surface area contributed by atoms with E-state index in [2.05, 4.69) is 24.3 Å². The van der Waals surface area contributed by atoms with Crippen molar-refractivity contribution in [1.29, 1.82) is 0 Å². The van der Waals surface area contributed by atoms with E-state index in [1.165, 1.54) is 36.8 Å². The van der Waals surface area contributed by atoms with E-state index < -0.39 is 0 Å². The largest absolute Gasteiger partial charge is 0.462 e. The molecule has 4 rings (SSSR count). The van der Waals surface area contributed by atoms with Gasteiger partial charge in [0.25, 0.3) is 0 Å². The average molecular weight is 392 g/mol. The van der Waals surface area contributed by atoms with Gasteiger partial charge in [-0.15, -0.1) is 0 Å². The molecule has 2 bridgehead atoms. The Morgan fingerprint density at radius 1 is 0.724 bits per heavy atom. The van der Waals surface area contributed by atoms with Crippen molar-refractivity contribution in [1.82, 2.24) is 0 Å². The Labute approximate surface area is 172 Å². The van der Waals surface area contributed by atoms with Gasteiger partial charge in [-0.3, -0.25) is 0 Å². The summed E-state index contributed by atoms with van der Waals surface area (Å²) < 4.78 is 10.3. The summed E-state index contributed by atoms with van der Waals surface area (Å²) in [4.78, 5) is 24.1. The van der Waals surface area contributed by atoms with Gasteiger partial charge in [-0.1, -0.05) is 24.3 Å². The molecule has 0 saturated heterocycles. The van der Waals surface area contributed by atoms with Gasteiger partial charge in [-0.05, 0) is 86.8 Å². The zero-order chi connectivity index (χ0) is 20.4. The van der Waals surface area contributed by atoms with E-state index in [0.29, 0.717) is 36.2 Å². The average Bonchev–Trinajstić information content (AvgIpc) is 3.30. The first-order valence-corrected chi connectivity index (χ1v) is 10.7. The van der Waals surface area contributed by atoms with E-state index in [-0.39, 0.29) is 17.4 Å². The molecule has 2 aliphatic carbocycles. The minimum atomic E-state index is -0.277. The van der Waals surface area contributed by atoms with Crippen LogP contribution in [-0.4, -0.2) is 25.2 Å². The number of carbonyl (C=O) groups is 2. The summed E-state index contributed by atoms with van der Waals surface area (Å²) in [7, 11) is 0. The predicted octanol–water partition coefficient (Wildman–Crippen LogP) is 5.15. The van der Waals surface area contributed by atoms with Gasteiger partial charge < -0.3 is 9.47 Å². The number of hydrogen-bond acceptors (Lipinski definition) is 4. The maximum atomic E-state index is 12.1. The number of hydrogen-bond donors (Lipinski definition) is 0. The lowest BCUT2D eigenvalue weighted by molar-refractivity contribution is 0.0517. The van der Waals surface area contributed by atoms with E-state index in [4.69, 9.17) is 9.47 Å². The Hall–Kier alpha value is -2.62. The summed E-state index contributed by atoms with van der Waals surface area (Å²) in [5.41, 5.74) is 3.67. The normalized spacial score (nSPS) is 21.7. The fourth-order valence-electron chi connectivity index (χ4n) is 5.64. The second-order valence-corrected chi connectivity index (χ2v) is 8.01. The van der Waals surface area contributed by atoms with E-state index in [1.54, 1.807) is 0 Å². The molecule has 0 atom stereocenters. The minimum absolute atomic E-state index is 0.0413. The zero-order valence-corrected chi connectivity index (χ0v) is 17.1. The molecular formula is C25H28O4. The lowest BCUT2D eigenvalue weighted by atomic mass is 9.66. The Morgan fingerprint density at radius 2 is 1.07 bits per heavy atom. The lowest BCUT2D eigenvalue weighted by Gasteiger charge is -2.36. The molecule has 2 saturated carbocycles. The first kappa shape index (κ1) is 19.7. The third kappa shape index (κ3) is 3.25. The molecule has 2 aliphatic rings. The van der Waals surface area contributed by atoms with Crippen LogP contribution in [0.1, 0.15) is 71.4 Å². The zero-order valence-electron chi connectivity index (χ0n) is 17.1. The molecule has 152 valence electrons. The molecule has 0 aliphatic heterocycles. The summed E-state index contributed by atoms with van der Waals surface area (Å²) in [5.74, 6) is 0.631. The van der Waals surface area contributed by atoms with Crippen molar-refractivity contribution in [3.05, 3.63) is 70.8 Å². The smallest absolute Gasteiger partial charge is 0.338 e. The minimum Gasteiger partial charge on any atom is -0.462 e. The van der Waals surface area contributed by atoms with Crippen LogP contribution in [0.5, 0.6) is 0 Å². The van der Waals surface area contributed by atoms with Crippen LogP contribution in [0.4, 0.5) is 0 Å². The van der Waals surface area contributed by atoms with Crippen molar-refractivity contribution >= 4 is 11.9 Å². The van der Waals surface area contributed by atoms with Gasteiger partial charge in [0.05, 0.1) is 24.3 Å². The summed E-state index contributed by atoms with van der Waals surface area (Å²) >= 11 is 0. The quantitative estimate of drug-likeness (QED) is 0.638. The molecule has 0 unspecified atom stereocenters. The van der Waals surface area contributed by atoms with Gasteiger partial charge in [0, 0.05) is 5.41 Å². The highest BCUT2D eigenvalue weighted by atomic mass is 16.5. The van der Waals surface area contributed by atoms with Gasteiger partial charge >= 0.3 is 11.9 Å². The Morgan fingerprint density at radius 3 is 1.38 bits per heavy atom. The highest BCUT2D eigenvalue weighted by molar-refractivity contribution is 5.90. The Bertz CT molecular complexity index is 799. The predicted molar refractivity (Wildman–Crippen MR) is 111 cm³/mol. The van der Waals surface area contributed by atoms with E-state index in [0.717, 1.165) is 0 Å². The van der Waals surface area contributed by atoms with Crippen LogP contribution in [0, 0.1) is 11.8 Å². The van der Waals surface area contributed by atoms with Gasteiger partial charge in [0.15, 0.2) is 0 Å². The van der Waals surface area contributed by atoms with Gasteiger partial charge in [0.2, 0.25) is 0 Å². The second kappa shape index (κ2) is 8.02. The van der Waals surface area contributed by atoms with Crippen LogP contribution >= 0.6 is 0 Å². The molecular weight excluding hydrogens is 364 g/mol. The SMILES string of the molecule is CCOC(=O)c1ccc(C2(c3ccc(C(=O)OCC)cc3)C3CCC2CC3)cc1. The highest BCUT2D eigenvalue weighted by Crippen LogP contribution is 2.62. The van der Waals surface area contributed by atoms with Gasteiger partial charge in [0.1, 0.15) is 0 Å². The number of rotatable bonds is 6. The summed E-state index contributed by atoms with van der Waals surface area (Å²) in [6.45, 7) is 4.39. The molecule has 0 heterocycles. The van der Waals surface area contributed by atoms with Crippen LogP contribution in [0.25, 0.3) is 0 Å². The Balaban J connectivity index is 1.72. The molecule has 0 N–H and O–H groups in total. The summed E-state index contributed by atoms with van der Waals surface area (Å²) in [5, 5.41) is 0. The van der Waals surface area contributed by atoms with Crippen molar-refractivity contribution in [3.63, 3.8) is 0 Å². The van der Waals surface area contributed by atoms with Crippen LogP contribution in [0.3, 0.4) is 0 Å². The fraction of sp³-hybridized carbons (Fsp3) is 0.440. The number of carbonyl (C=O) groups excluding carboxylic acids is 2. The monoisotopic (exact) mass is 392 g/mol. The number of esters is 2. The number of ether oxygens (including phenoxy) is 2. The summed E-state index contributed by atoms with van der Waals surface area (Å²) in [6.07, 6.45) is 4.90. The van der Waals surface area contributed by atoms with Crippen molar-refractivity contribution in [2.45, 2.75) is 44.9 Å². The molecule has 2 aromatic rings. The molecule has 0 spiro atoms. The lowest BCUT2D eigenvalue weighted by Crippen LogP contribution is -2.33. The molecule has 0 aromatic heterocycles. The maximum Gasteiger partial charge on any atom is 0.338 e. The van der Waals surface area contributed by atoms with Crippen LogP contribution in [0.15, 0.2) is 48.5 Å². The van der Waals surface area contributed by atoms with Crippen molar-refractivity contribution in [2.24, 2.45) is 11.8 Å². The topological polar surface area (TPSA) is 52.6 Å². The van der Waals surface area contributed by atoms with E-state index in [1.807, 2.05) is 38.1 Å². The van der Waals surface area contributed by atoms with Crippen molar-refractivity contribution in [2.75, 3.05) is 13.2 Å². The van der Waals surface area contributed by atoms with Gasteiger partial charge in [-0.25, -0.2) is 9.59 Å². The standard InChI is InChI=1S/C25H28O4/c1-3-28-23(26)17-5-9-19(10-6-17)25(21-13-14-22(25)16-15-21)20-11-7-18(8-12-20)24(27)29-4-2/h5-12,21-22H,3-4,13-16H2,1-2H3. The molecule has 2 fully saturated rings. The Kier molecular flexibility index (Phi) is 5.44. The molecule has 0 radical (unpaired) electrons. The van der Waals surface area contributed by atoms with E-state index in [9.17, 15) is 9.59 Å². The molecule has 2 aromatic carbocycles. The summed E-state index contributed by atoms with van der Waals surface area (Å²) in [6, 6.07) is 16.0. The maximum absolute atomic E-state index is 12.1. The van der Waals surface area contributed by atoms with Crippen molar-refractivity contribution in [3.8, 4) is 0 Å². The highest BCUT2D eigenvalue weighted by Gasteiger charge is 2.56. The third-order valence-corrected chi connectivity index (χ3v) is 6.76. The van der Waals surface area contributed by atoms with Crippen molar-refractivity contribution < 1.29 is 19.1 Å². The molecule has 4 heteroatoms. The molecule has 4 nitrogen and oxygen atoms in total. The first-order valence-electron chi connectivity index (χ1n) is 10.7.